The van der Waals surface area contributed by atoms with Crippen LogP contribution in [0.2, 0.25) is 5.02 Å². The van der Waals surface area contributed by atoms with Gasteiger partial charge in [-0.3, -0.25) is 28.8 Å². The number of fused-ring (bicyclic) bond motifs is 1. The number of carbonyl (C=O) groups excluding carboxylic acids is 4. The van der Waals surface area contributed by atoms with E-state index in [0.29, 0.717) is 113 Å². The van der Waals surface area contributed by atoms with E-state index in [9.17, 15) is 46.2 Å². The zero-order valence-electron chi connectivity index (χ0n) is 90.1. The molecule has 0 saturated carbocycles. The van der Waals surface area contributed by atoms with Crippen molar-refractivity contribution in [3.05, 3.63) is 351 Å². The molecule has 14 aromatic rings. The summed E-state index contributed by atoms with van der Waals surface area (Å²) in [5.74, 6) is 2.48. The monoisotopic (exact) mass is 2100 g/mol. The molecule has 150 heavy (non-hydrogen) atoms. The van der Waals surface area contributed by atoms with Crippen molar-refractivity contribution in [2.45, 2.75) is 222 Å². The number of hydrogen-bond donors (Lipinski definition) is 6. The highest BCUT2D eigenvalue weighted by molar-refractivity contribution is 7.89. The molecule has 3 amide bonds. The average Bonchev–Trinajstić information content (AvgIpc) is 1.61. The van der Waals surface area contributed by atoms with Crippen LogP contribution in [0.5, 0.6) is 0 Å². The van der Waals surface area contributed by atoms with Crippen molar-refractivity contribution in [1.82, 2.24) is 87.7 Å². The molecule has 1 saturated heterocycles. The quantitative estimate of drug-likeness (QED) is 0.0195. The Morgan fingerprint density at radius 1 is 0.653 bits per heavy atom. The van der Waals surface area contributed by atoms with E-state index in [2.05, 4.69) is 171 Å². The van der Waals surface area contributed by atoms with E-state index in [4.69, 9.17) is 27.0 Å². The van der Waals surface area contributed by atoms with E-state index in [-0.39, 0.29) is 88.7 Å². The number of ketones is 1. The van der Waals surface area contributed by atoms with Gasteiger partial charge in [0.2, 0.25) is 15.9 Å². The SMILES string of the molecule is CC(CCNc1cccnc1)C1=CCc2ccccc21.CCC(=O)c1cccc(CN(CCC(C)C(C)C)S(=O)(=O)c2cn(C)cn2)c1.CNC(=O)c1cccc(CN(CCC(C)C(C)C)S(=O)(=O)c2c(C)noc2C)c1.Cc1ccc(C(C)C(O)Cn2cc(-c3cc(Cl)cnc3N)nn2)cc1.Cc1ccccc1C(C)C(CO)NC(=O)c1cn(C)cn1.Cc1nn(C2CN(CCn3cccc3)C(=O)C2c2ccccc2)c(C)c1C. The first-order valence-corrected chi connectivity index (χ1v) is 54.6. The summed E-state index contributed by atoms with van der Waals surface area (Å²) < 4.78 is 70.4. The number of amides is 3. The Labute approximate surface area is 889 Å². The number of anilines is 2. The Morgan fingerprint density at radius 3 is 1.88 bits per heavy atom. The molecule has 16 rings (SSSR count). The summed E-state index contributed by atoms with van der Waals surface area (Å²) in [6, 6.07) is 58.7. The van der Waals surface area contributed by atoms with Gasteiger partial charge in [-0.05, 0) is 208 Å². The van der Waals surface area contributed by atoms with Gasteiger partial charge in [0.1, 0.15) is 27.8 Å². The Bertz CT molecular complexity index is 6980. The van der Waals surface area contributed by atoms with E-state index >= 15 is 0 Å². The Balaban J connectivity index is 0.000000171. The molecule has 0 bridgehead atoms. The number of aryl methyl sites for hydroxylation is 7. The number of benzene rings is 6. The van der Waals surface area contributed by atoms with Gasteiger partial charge in [-0.1, -0.05) is 236 Å². The van der Waals surface area contributed by atoms with Crippen LogP contribution in [-0.4, -0.2) is 186 Å². The topological polar surface area (TPSA) is 390 Å². The lowest BCUT2D eigenvalue weighted by Crippen LogP contribution is -2.41. The highest BCUT2D eigenvalue weighted by atomic mass is 35.5. The summed E-state index contributed by atoms with van der Waals surface area (Å²) in [5, 5.41) is 46.3. The van der Waals surface area contributed by atoms with Gasteiger partial charge >= 0.3 is 0 Å². The normalized spacial score (nSPS) is 14.7. The van der Waals surface area contributed by atoms with Crippen LogP contribution in [0.25, 0.3) is 16.8 Å². The third kappa shape index (κ3) is 31.7. The van der Waals surface area contributed by atoms with Gasteiger partial charge in [0.05, 0.1) is 72.5 Å². The lowest BCUT2D eigenvalue weighted by molar-refractivity contribution is -0.129. The third-order valence-electron chi connectivity index (χ3n) is 28.3. The minimum atomic E-state index is -3.80. The molecule has 798 valence electrons. The van der Waals surface area contributed by atoms with Crippen LogP contribution in [0.3, 0.4) is 0 Å². The summed E-state index contributed by atoms with van der Waals surface area (Å²) in [6.07, 6.45) is 23.1. The maximum Gasteiger partial charge on any atom is 0.271 e. The fourth-order valence-corrected chi connectivity index (χ4v) is 21.2. The van der Waals surface area contributed by atoms with Gasteiger partial charge in [-0.25, -0.2) is 36.5 Å². The molecule has 9 atom stereocenters. The summed E-state index contributed by atoms with van der Waals surface area (Å²) in [5.41, 5.74) is 25.0. The minimum Gasteiger partial charge on any atom is -0.394 e. The summed E-state index contributed by atoms with van der Waals surface area (Å²) >= 11 is 5.97. The third-order valence-corrected chi connectivity index (χ3v) is 32.3. The second-order valence-corrected chi connectivity index (χ2v) is 44.0. The number of imidazole rings is 2. The van der Waals surface area contributed by atoms with Crippen LogP contribution in [0.4, 0.5) is 11.5 Å². The number of likely N-dealkylation sites (tertiary alicyclic amines) is 1. The van der Waals surface area contributed by atoms with Gasteiger partial charge in [0.15, 0.2) is 16.6 Å². The number of sulfonamides is 2. The van der Waals surface area contributed by atoms with Gasteiger partial charge in [0.25, 0.3) is 21.8 Å². The zero-order valence-corrected chi connectivity index (χ0v) is 92.5. The van der Waals surface area contributed by atoms with E-state index in [0.717, 1.165) is 89.2 Å². The number of nitrogens with zero attached hydrogens (tertiary/aromatic N) is 16. The Hall–Kier alpha value is -13.7. The standard InChI is InChI=1S/C22H26N4O.C21H31N3O4S.C21H31N3O3S.C18H20ClN5O.C18H20N2.C16H21N3O2/c1-16-17(2)23-26(18(16)3)20-15-25(14-13-24-11-7-8-12-24)22(27)21(20)19-9-5-4-6-10-19;1-14(2)15(3)10-11-24(29(26,27)20-16(4)23-28-17(20)5)13-18-8-7-9-19(12-18)21(25)22-6;1-6-20(25)19-9-7-8-18(12-19)13-24(11-10-17(4)16(2)3)28(26,27)21-14-23(5)15-22-21;1-11-3-5-13(6-4-11)12(2)17(25)10-24-9-16(22-23-24)15-7-14(19)8-21-18(15)20;1-14(10-12-20-16-6-4-11-19-13-16)17-9-8-15-5-2-3-7-18(15)17;1-11-6-4-5-7-13(11)12(2)15(9-20)18-16(21)14-8-19(3)10-17-14/h4-12,20-21H,13-15H2,1-3H3;7-9,12,14-15H,10-11,13H2,1-6H3,(H,22,25);7-9,12,14-17H,6,10-11,13H2,1-5H3;3-9,12,17,25H,10H2,1-2H3,(H2,20,21);2-7,9,11,13-14,20H,8,10,12H2,1H3;4-8,10,12,15,20H,9H2,1-3H3,(H,18,21). The zero-order chi connectivity index (χ0) is 109. The van der Waals surface area contributed by atoms with Crippen molar-refractivity contribution in [2.24, 2.45) is 43.7 Å². The maximum atomic E-state index is 13.4. The van der Waals surface area contributed by atoms with E-state index in [1.54, 1.807) is 109 Å². The van der Waals surface area contributed by atoms with Crippen molar-refractivity contribution < 1.29 is 50.7 Å². The smallest absolute Gasteiger partial charge is 0.271 e. The number of Topliss-reactive ketones (excluding diaryl/α,β-unsaturated/α-hetero) is 1. The molecule has 8 aromatic heterocycles. The molecule has 0 radical (unpaired) electrons. The summed E-state index contributed by atoms with van der Waals surface area (Å²) in [6.45, 7) is 39.1. The summed E-state index contributed by atoms with van der Waals surface area (Å²) in [7, 11) is -2.40. The molecule has 1 aliphatic heterocycles. The molecule has 34 heteroatoms. The van der Waals surface area contributed by atoms with Crippen LogP contribution in [0, 0.1) is 78.1 Å². The lowest BCUT2D eigenvalue weighted by Gasteiger charge is -2.25. The first-order chi connectivity index (χ1) is 71.6. The van der Waals surface area contributed by atoms with Gasteiger partial charge in [-0.15, -0.1) is 5.10 Å². The van der Waals surface area contributed by atoms with E-state index in [1.807, 2.05) is 169 Å². The molecule has 1 fully saturated rings. The summed E-state index contributed by atoms with van der Waals surface area (Å²) in [4.78, 5) is 67.8. The van der Waals surface area contributed by atoms with Crippen LogP contribution in [-0.2, 0) is 71.5 Å². The van der Waals surface area contributed by atoms with Gasteiger partial charge < -0.3 is 55.0 Å². The van der Waals surface area contributed by atoms with Crippen LogP contribution >= 0.6 is 11.6 Å². The molecule has 6 aromatic carbocycles. The number of aliphatic hydroxyl groups excluding tert-OH is 2. The number of aromatic nitrogens is 13. The number of nitrogens with one attached hydrogen (secondary N) is 3. The van der Waals surface area contributed by atoms with Gasteiger partial charge in [0, 0.05) is 158 Å². The van der Waals surface area contributed by atoms with E-state index in [1.165, 1.54) is 55.2 Å². The molecule has 1 aliphatic carbocycles. The number of allylic oxidation sites excluding steroid dienone is 2. The molecule has 7 N–H and O–H groups in total. The van der Waals surface area contributed by atoms with Crippen LogP contribution < -0.4 is 21.7 Å². The predicted molar refractivity (Wildman–Crippen MR) is 592 cm³/mol. The molecular formula is C116H149ClN20O11S2. The second-order valence-electron chi connectivity index (χ2n) is 39.8. The highest BCUT2D eigenvalue weighted by Crippen LogP contribution is 2.40. The highest BCUT2D eigenvalue weighted by Gasteiger charge is 2.44. The predicted octanol–water partition coefficient (Wildman–Crippen LogP) is 19.7. The number of nitrogen functional groups attached to an aromatic ring is 1. The van der Waals surface area contributed by atoms with Gasteiger partial charge in [-0.2, -0.15) is 13.7 Å². The largest absolute Gasteiger partial charge is 0.394 e. The number of rotatable bonds is 39. The Kier molecular flexibility index (Phi) is 42.9. The number of pyridine rings is 2. The van der Waals surface area contributed by atoms with Crippen molar-refractivity contribution >= 4 is 72.2 Å². The minimum absolute atomic E-state index is 0.0175. The number of hydrogen-bond acceptors (Lipinski definition) is 21. The van der Waals surface area contributed by atoms with Crippen LogP contribution in [0.15, 0.2) is 265 Å². The Morgan fingerprint density at radius 2 is 1.29 bits per heavy atom. The molecule has 0 spiro atoms. The first kappa shape index (κ1) is 117. The molecule has 9 heterocycles. The van der Waals surface area contributed by atoms with Crippen molar-refractivity contribution in [2.75, 3.05) is 57.4 Å². The number of nitrogens with two attached hydrogens (primary N) is 1. The average molecular weight is 2100 g/mol. The second kappa shape index (κ2) is 55.2. The molecular weight excluding hydrogens is 1950 g/mol. The van der Waals surface area contributed by atoms with Crippen molar-refractivity contribution in [3.63, 3.8) is 0 Å². The number of carbonyl (C=O) groups is 4. The first-order valence-electron chi connectivity index (χ1n) is 51.3. The van der Waals surface area contributed by atoms with Crippen molar-refractivity contribution in [1.29, 1.82) is 0 Å². The molecule has 9 unspecified atom stereocenters. The van der Waals surface area contributed by atoms with Crippen molar-refractivity contribution in [3.8, 4) is 11.3 Å². The number of halogens is 1. The maximum absolute atomic E-state index is 13.4. The lowest BCUT2D eigenvalue weighted by atomic mass is 9.90. The fourth-order valence-electron chi connectivity index (χ4n) is 17.9. The molecule has 2 aliphatic rings. The molecule has 31 nitrogen and oxygen atoms in total. The van der Waals surface area contributed by atoms with E-state index < -0.39 is 26.2 Å². The fraction of sp³-hybridized carbons (Fsp3) is 0.397. The number of aliphatic hydroxyl groups is 2. The van der Waals surface area contributed by atoms with Crippen LogP contribution in [0.1, 0.15) is 228 Å².